The standard InChI is InChI=1S/C27H45N3O/c1-18(17-29-30-28)6-5-7-19(2)23-10-11-24-22-9-8-20-16-21(31)12-14-26(20,3)25(22)13-15-27(23,24)4/h8,18-19,21-25,31H,5-7,9-17H2,1-4H3/t18?,19-,21+,22+,23-,24+,25+,26+,27-/m1/s1. The van der Waals surface area contributed by atoms with E-state index in [2.05, 4.69) is 43.8 Å². The third kappa shape index (κ3) is 4.20. The van der Waals surface area contributed by atoms with Crippen LogP contribution in [0.3, 0.4) is 0 Å². The first-order valence-electron chi connectivity index (χ1n) is 13.2. The molecule has 0 heterocycles. The lowest BCUT2D eigenvalue weighted by atomic mass is 9.47. The van der Waals surface area contributed by atoms with Gasteiger partial charge in [-0.3, -0.25) is 0 Å². The Morgan fingerprint density at radius 3 is 2.71 bits per heavy atom. The summed E-state index contributed by atoms with van der Waals surface area (Å²) in [6.45, 7) is 10.6. The molecule has 1 unspecified atom stereocenters. The molecule has 4 aliphatic rings. The summed E-state index contributed by atoms with van der Waals surface area (Å²) in [6, 6.07) is 0. The molecule has 0 saturated heterocycles. The van der Waals surface area contributed by atoms with Crippen LogP contribution in [0.4, 0.5) is 0 Å². The molecule has 0 aliphatic heterocycles. The van der Waals surface area contributed by atoms with Crippen LogP contribution >= 0.6 is 0 Å². The van der Waals surface area contributed by atoms with Gasteiger partial charge < -0.3 is 5.11 Å². The Labute approximate surface area is 189 Å². The zero-order chi connectivity index (χ0) is 22.2. The molecule has 0 spiro atoms. The number of allylic oxidation sites excluding steroid dienone is 1. The first kappa shape index (κ1) is 23.2. The summed E-state index contributed by atoms with van der Waals surface area (Å²) < 4.78 is 0. The van der Waals surface area contributed by atoms with Crippen LogP contribution in [0.1, 0.15) is 98.3 Å². The maximum absolute atomic E-state index is 10.2. The van der Waals surface area contributed by atoms with Crippen LogP contribution in [0.5, 0.6) is 0 Å². The maximum atomic E-state index is 10.2. The predicted molar refractivity (Wildman–Crippen MR) is 127 cm³/mol. The Hall–Kier alpha value is -0.990. The van der Waals surface area contributed by atoms with Gasteiger partial charge in [0.1, 0.15) is 0 Å². The quantitative estimate of drug-likeness (QED) is 0.192. The van der Waals surface area contributed by atoms with Crippen LogP contribution in [-0.4, -0.2) is 17.8 Å². The lowest BCUT2D eigenvalue weighted by molar-refractivity contribution is -0.0573. The number of hydrogen-bond acceptors (Lipinski definition) is 2. The van der Waals surface area contributed by atoms with Crippen molar-refractivity contribution in [3.63, 3.8) is 0 Å². The third-order valence-electron chi connectivity index (χ3n) is 10.7. The molecule has 3 saturated carbocycles. The van der Waals surface area contributed by atoms with Gasteiger partial charge in [0.2, 0.25) is 0 Å². The molecule has 0 aromatic heterocycles. The molecule has 0 radical (unpaired) electrons. The summed E-state index contributed by atoms with van der Waals surface area (Å²) in [7, 11) is 0. The largest absolute Gasteiger partial charge is 0.393 e. The Morgan fingerprint density at radius 2 is 1.94 bits per heavy atom. The van der Waals surface area contributed by atoms with E-state index in [0.717, 1.165) is 42.4 Å². The molecule has 31 heavy (non-hydrogen) atoms. The topological polar surface area (TPSA) is 69.0 Å². The molecule has 1 N–H and O–H groups in total. The minimum Gasteiger partial charge on any atom is -0.393 e. The summed E-state index contributed by atoms with van der Waals surface area (Å²) in [4.78, 5) is 2.91. The second-order valence-corrected chi connectivity index (χ2v) is 12.3. The van der Waals surface area contributed by atoms with E-state index >= 15 is 0 Å². The maximum Gasteiger partial charge on any atom is 0.0577 e. The molecule has 4 rings (SSSR count). The van der Waals surface area contributed by atoms with Gasteiger partial charge in [-0.1, -0.05) is 63.7 Å². The fraction of sp³-hybridized carbons (Fsp3) is 0.926. The van der Waals surface area contributed by atoms with E-state index in [1.54, 1.807) is 5.57 Å². The minimum atomic E-state index is -0.101. The Bertz CT molecular complexity index is 728. The minimum absolute atomic E-state index is 0.101. The van der Waals surface area contributed by atoms with Gasteiger partial charge in [0.25, 0.3) is 0 Å². The van der Waals surface area contributed by atoms with Crippen molar-refractivity contribution in [1.82, 2.24) is 0 Å². The van der Waals surface area contributed by atoms with Crippen molar-refractivity contribution in [2.75, 3.05) is 6.54 Å². The fourth-order valence-corrected chi connectivity index (χ4v) is 8.87. The van der Waals surface area contributed by atoms with Crippen LogP contribution in [-0.2, 0) is 0 Å². The van der Waals surface area contributed by atoms with Crippen LogP contribution in [0.25, 0.3) is 10.4 Å². The first-order valence-corrected chi connectivity index (χ1v) is 13.2. The van der Waals surface area contributed by atoms with Crippen LogP contribution in [0, 0.1) is 46.3 Å². The third-order valence-corrected chi connectivity index (χ3v) is 10.7. The van der Waals surface area contributed by atoms with Crippen molar-refractivity contribution in [2.45, 2.75) is 104 Å². The molecule has 0 aromatic carbocycles. The van der Waals surface area contributed by atoms with Gasteiger partial charge in [0.15, 0.2) is 0 Å². The van der Waals surface area contributed by atoms with Gasteiger partial charge in [-0.25, -0.2) is 0 Å². The summed E-state index contributed by atoms with van der Waals surface area (Å²) in [5.74, 6) is 4.77. The molecule has 3 fully saturated rings. The van der Waals surface area contributed by atoms with Crippen molar-refractivity contribution in [2.24, 2.45) is 51.5 Å². The van der Waals surface area contributed by atoms with Crippen molar-refractivity contribution >= 4 is 0 Å². The second kappa shape index (κ2) is 9.10. The normalized spacial score (nSPS) is 43.6. The predicted octanol–water partition coefficient (Wildman–Crippen LogP) is 7.68. The van der Waals surface area contributed by atoms with Crippen LogP contribution < -0.4 is 0 Å². The van der Waals surface area contributed by atoms with E-state index in [-0.39, 0.29) is 6.10 Å². The highest BCUT2D eigenvalue weighted by Gasteiger charge is 2.59. The SMILES string of the molecule is CC(CCC[C@@H](C)[C@H]1CC[C@H]2[C@@H]3CC=C4C[C@@H](O)CC[C@]4(C)[C@H]3CC[C@]12C)CN=[N+]=[N-]. The van der Waals surface area contributed by atoms with Crippen LogP contribution in [0.2, 0.25) is 0 Å². The second-order valence-electron chi connectivity index (χ2n) is 12.3. The fourth-order valence-electron chi connectivity index (χ4n) is 8.87. The van der Waals surface area contributed by atoms with Crippen LogP contribution in [0.15, 0.2) is 16.8 Å². The molecule has 4 heteroatoms. The molecule has 0 bridgehead atoms. The van der Waals surface area contributed by atoms with Crippen molar-refractivity contribution in [1.29, 1.82) is 0 Å². The van der Waals surface area contributed by atoms with Gasteiger partial charge in [-0.15, -0.1) is 0 Å². The number of rotatable bonds is 7. The molecule has 174 valence electrons. The average molecular weight is 428 g/mol. The number of nitrogens with zero attached hydrogens (tertiary/aromatic N) is 3. The lowest BCUT2D eigenvalue weighted by Gasteiger charge is -2.58. The smallest absolute Gasteiger partial charge is 0.0577 e. The first-order chi connectivity index (χ1) is 14.8. The number of azide groups is 1. The average Bonchev–Trinajstić information content (AvgIpc) is 3.10. The van der Waals surface area contributed by atoms with E-state index in [9.17, 15) is 5.11 Å². The van der Waals surface area contributed by atoms with E-state index in [0.29, 0.717) is 23.3 Å². The molecular weight excluding hydrogens is 382 g/mol. The zero-order valence-electron chi connectivity index (χ0n) is 20.4. The zero-order valence-corrected chi connectivity index (χ0v) is 20.4. The monoisotopic (exact) mass is 427 g/mol. The highest BCUT2D eigenvalue weighted by atomic mass is 16.3. The summed E-state index contributed by atoms with van der Waals surface area (Å²) >= 11 is 0. The van der Waals surface area contributed by atoms with Gasteiger partial charge in [-0.2, -0.15) is 0 Å². The number of fused-ring (bicyclic) bond motifs is 5. The lowest BCUT2D eigenvalue weighted by Crippen LogP contribution is -2.50. The van der Waals surface area contributed by atoms with E-state index in [4.69, 9.17) is 5.53 Å². The molecule has 4 nitrogen and oxygen atoms in total. The van der Waals surface area contributed by atoms with Gasteiger partial charge >= 0.3 is 0 Å². The van der Waals surface area contributed by atoms with E-state index < -0.39 is 0 Å². The van der Waals surface area contributed by atoms with E-state index in [1.165, 1.54) is 57.8 Å². The Kier molecular flexibility index (Phi) is 6.80. The van der Waals surface area contributed by atoms with Gasteiger partial charge in [0, 0.05) is 11.5 Å². The molecule has 4 aliphatic carbocycles. The molecule has 9 atom stereocenters. The van der Waals surface area contributed by atoms with Crippen molar-refractivity contribution in [3.8, 4) is 0 Å². The number of aliphatic hydroxyl groups excluding tert-OH is 1. The highest BCUT2D eigenvalue weighted by molar-refractivity contribution is 5.25. The molecule has 0 amide bonds. The van der Waals surface area contributed by atoms with Crippen molar-refractivity contribution < 1.29 is 5.11 Å². The van der Waals surface area contributed by atoms with Gasteiger partial charge in [0.05, 0.1) is 6.10 Å². The van der Waals surface area contributed by atoms with Gasteiger partial charge in [-0.05, 0) is 103 Å². The summed E-state index contributed by atoms with van der Waals surface area (Å²) in [5, 5.41) is 14.0. The number of aliphatic hydroxyl groups is 1. The summed E-state index contributed by atoms with van der Waals surface area (Å²) in [5.41, 5.74) is 11.0. The van der Waals surface area contributed by atoms with Crippen molar-refractivity contribution in [3.05, 3.63) is 22.1 Å². The van der Waals surface area contributed by atoms with E-state index in [1.807, 2.05) is 0 Å². The Morgan fingerprint density at radius 1 is 1.13 bits per heavy atom. The summed E-state index contributed by atoms with van der Waals surface area (Å²) in [6.07, 6.45) is 16.3. The molecule has 0 aromatic rings. The number of hydrogen-bond donors (Lipinski definition) is 1. The highest BCUT2D eigenvalue weighted by Crippen LogP contribution is 2.67. The Balaban J connectivity index is 1.40. The molecular formula is C27H45N3O.